The number of benzene rings is 10. The van der Waals surface area contributed by atoms with Crippen LogP contribution in [-0.4, -0.2) is 0 Å². The largest absolute Gasteiger partial charge is 0.310 e. The van der Waals surface area contributed by atoms with Crippen LogP contribution in [-0.2, 0) is 0 Å². The maximum atomic E-state index is 2.46. The summed E-state index contributed by atoms with van der Waals surface area (Å²) in [5.74, 6) is 0. The number of rotatable bonds is 9. The molecule has 10 rings (SSSR count). The highest BCUT2D eigenvalue weighted by atomic mass is 15.1. The minimum Gasteiger partial charge on any atom is -0.310 e. The second-order valence-electron chi connectivity index (χ2n) is 14.9. The molecule has 278 valence electrons. The Hall–Kier alpha value is -7.74. The molecule has 0 aliphatic carbocycles. The van der Waals surface area contributed by atoms with Crippen molar-refractivity contribution < 1.29 is 0 Å². The van der Waals surface area contributed by atoms with Gasteiger partial charge in [-0.05, 0) is 114 Å². The van der Waals surface area contributed by atoms with Gasteiger partial charge in [0.2, 0.25) is 0 Å². The molecule has 0 unspecified atom stereocenters. The number of hydrogen-bond donors (Lipinski definition) is 0. The normalized spacial score (nSPS) is 11.1. The predicted octanol–water partition coefficient (Wildman–Crippen LogP) is 16.3. The van der Waals surface area contributed by atoms with Gasteiger partial charge in [0.05, 0.1) is 5.69 Å². The summed E-state index contributed by atoms with van der Waals surface area (Å²) in [6.45, 7) is 0. The van der Waals surface area contributed by atoms with Crippen LogP contribution in [0.2, 0.25) is 0 Å². The smallest absolute Gasteiger partial charge is 0.0540 e. The number of para-hydroxylation sites is 1. The van der Waals surface area contributed by atoms with E-state index < -0.39 is 0 Å². The molecule has 0 radical (unpaired) electrons. The average molecular weight is 752 g/mol. The molecule has 0 spiro atoms. The van der Waals surface area contributed by atoms with Crippen molar-refractivity contribution in [3.63, 3.8) is 0 Å². The Morgan fingerprint density at radius 3 is 1.29 bits per heavy atom. The van der Waals surface area contributed by atoms with Gasteiger partial charge < -0.3 is 4.90 Å². The molecule has 0 heterocycles. The van der Waals surface area contributed by atoms with Gasteiger partial charge in [0.1, 0.15) is 0 Å². The van der Waals surface area contributed by atoms with Gasteiger partial charge in [-0.15, -0.1) is 0 Å². The van der Waals surface area contributed by atoms with Gasteiger partial charge >= 0.3 is 0 Å². The van der Waals surface area contributed by atoms with Crippen LogP contribution in [0.5, 0.6) is 0 Å². The zero-order valence-corrected chi connectivity index (χ0v) is 32.6. The van der Waals surface area contributed by atoms with E-state index in [1.165, 1.54) is 55.3 Å². The topological polar surface area (TPSA) is 3.24 Å². The molecule has 0 bridgehead atoms. The summed E-state index contributed by atoms with van der Waals surface area (Å²) in [6.07, 6.45) is 0. The minimum atomic E-state index is 1.08. The quantitative estimate of drug-likeness (QED) is 0.142. The highest BCUT2D eigenvalue weighted by Crippen LogP contribution is 2.47. The minimum absolute atomic E-state index is 1.08. The molecule has 0 atom stereocenters. The van der Waals surface area contributed by atoms with Crippen molar-refractivity contribution in [3.05, 3.63) is 249 Å². The first-order chi connectivity index (χ1) is 29.3. The third-order valence-corrected chi connectivity index (χ3v) is 11.2. The number of fused-ring (bicyclic) bond motifs is 1. The van der Waals surface area contributed by atoms with Gasteiger partial charge in [-0.1, -0.05) is 206 Å². The number of anilines is 3. The molecule has 0 saturated carbocycles. The summed E-state index contributed by atoms with van der Waals surface area (Å²) in [5.41, 5.74) is 17.4. The van der Waals surface area contributed by atoms with Crippen molar-refractivity contribution in [2.24, 2.45) is 0 Å². The second kappa shape index (κ2) is 16.0. The van der Waals surface area contributed by atoms with E-state index in [9.17, 15) is 0 Å². The van der Waals surface area contributed by atoms with E-state index in [-0.39, 0.29) is 0 Å². The van der Waals surface area contributed by atoms with Crippen molar-refractivity contribution in [2.75, 3.05) is 4.90 Å². The standard InChI is InChI=1S/C58H41N/c1-4-19-42(20-5-1)49-38-50(43-21-6-2-7-22-43)41-52(40-49)59(51-28-18-27-47(39-51)48-36-35-44-23-10-11-26-46(44)37-48)58-34-17-16-33-57(58)56-32-15-14-31-55(56)54-30-13-12-29-53(54)45-24-8-3-9-25-45/h1-41H. The van der Waals surface area contributed by atoms with Gasteiger partial charge in [-0.3, -0.25) is 0 Å². The lowest BCUT2D eigenvalue weighted by molar-refractivity contribution is 1.28. The fourth-order valence-electron chi connectivity index (χ4n) is 8.39. The van der Waals surface area contributed by atoms with E-state index in [2.05, 4.69) is 254 Å². The first-order valence-corrected chi connectivity index (χ1v) is 20.3. The Kier molecular flexibility index (Phi) is 9.68. The van der Waals surface area contributed by atoms with E-state index in [1.54, 1.807) is 0 Å². The molecular formula is C58H41N. The Balaban J connectivity index is 1.21. The molecule has 0 aromatic heterocycles. The van der Waals surface area contributed by atoms with E-state index in [4.69, 9.17) is 0 Å². The lowest BCUT2D eigenvalue weighted by Crippen LogP contribution is -2.12. The number of nitrogens with zero attached hydrogens (tertiary/aromatic N) is 1. The van der Waals surface area contributed by atoms with Crippen LogP contribution in [0.25, 0.3) is 77.5 Å². The summed E-state index contributed by atoms with van der Waals surface area (Å²) < 4.78 is 0. The molecule has 0 fully saturated rings. The first kappa shape index (κ1) is 35.7. The fraction of sp³-hybridized carbons (Fsp3) is 0. The van der Waals surface area contributed by atoms with Gasteiger partial charge in [-0.2, -0.15) is 0 Å². The molecule has 0 amide bonds. The summed E-state index contributed by atoms with van der Waals surface area (Å²) in [6, 6.07) is 90.0. The molecule has 0 N–H and O–H groups in total. The third-order valence-electron chi connectivity index (χ3n) is 11.2. The van der Waals surface area contributed by atoms with Gasteiger partial charge in [0, 0.05) is 16.9 Å². The lowest BCUT2D eigenvalue weighted by Gasteiger charge is -2.30. The Morgan fingerprint density at radius 1 is 0.203 bits per heavy atom. The van der Waals surface area contributed by atoms with Crippen LogP contribution in [0.15, 0.2) is 249 Å². The van der Waals surface area contributed by atoms with Crippen LogP contribution in [0.4, 0.5) is 17.1 Å². The SMILES string of the molecule is c1ccc(-c2cc(-c3ccccc3)cc(N(c3cccc(-c4ccc5ccccc5c4)c3)c3ccccc3-c3ccccc3-c3ccccc3-c3ccccc3)c2)cc1. The second-order valence-corrected chi connectivity index (χ2v) is 14.9. The highest BCUT2D eigenvalue weighted by Gasteiger charge is 2.22. The molecular weight excluding hydrogens is 711 g/mol. The molecule has 1 nitrogen and oxygen atoms in total. The molecule has 59 heavy (non-hydrogen) atoms. The van der Waals surface area contributed by atoms with Crippen molar-refractivity contribution in [1.29, 1.82) is 0 Å². The molecule has 10 aromatic rings. The summed E-state index contributed by atoms with van der Waals surface area (Å²) in [7, 11) is 0. The lowest BCUT2D eigenvalue weighted by atomic mass is 9.88. The van der Waals surface area contributed by atoms with Crippen molar-refractivity contribution in [2.45, 2.75) is 0 Å². The van der Waals surface area contributed by atoms with Crippen LogP contribution in [0.3, 0.4) is 0 Å². The van der Waals surface area contributed by atoms with E-state index in [0.29, 0.717) is 0 Å². The molecule has 0 saturated heterocycles. The van der Waals surface area contributed by atoms with E-state index in [1.807, 2.05) is 0 Å². The van der Waals surface area contributed by atoms with Crippen molar-refractivity contribution in [3.8, 4) is 66.8 Å². The zero-order chi connectivity index (χ0) is 39.4. The monoisotopic (exact) mass is 751 g/mol. The van der Waals surface area contributed by atoms with Gasteiger partial charge in [0.15, 0.2) is 0 Å². The molecule has 10 aromatic carbocycles. The van der Waals surface area contributed by atoms with Crippen LogP contribution < -0.4 is 4.90 Å². The summed E-state index contributed by atoms with van der Waals surface area (Å²) in [4.78, 5) is 2.46. The molecule has 1 heteroatoms. The highest BCUT2D eigenvalue weighted by molar-refractivity contribution is 5.98. The Morgan fingerprint density at radius 2 is 0.644 bits per heavy atom. The fourth-order valence-corrected chi connectivity index (χ4v) is 8.39. The van der Waals surface area contributed by atoms with Crippen LogP contribution >= 0.6 is 0 Å². The van der Waals surface area contributed by atoms with Crippen LogP contribution in [0, 0.1) is 0 Å². The van der Waals surface area contributed by atoms with Crippen molar-refractivity contribution >= 4 is 27.8 Å². The maximum Gasteiger partial charge on any atom is 0.0540 e. The molecule has 0 aliphatic rings. The third kappa shape index (κ3) is 7.23. The number of hydrogen-bond acceptors (Lipinski definition) is 1. The van der Waals surface area contributed by atoms with E-state index in [0.717, 1.165) is 39.3 Å². The first-order valence-electron chi connectivity index (χ1n) is 20.3. The maximum absolute atomic E-state index is 2.46. The van der Waals surface area contributed by atoms with E-state index >= 15 is 0 Å². The zero-order valence-electron chi connectivity index (χ0n) is 32.6. The van der Waals surface area contributed by atoms with Gasteiger partial charge in [0.25, 0.3) is 0 Å². The van der Waals surface area contributed by atoms with Crippen molar-refractivity contribution in [1.82, 2.24) is 0 Å². The summed E-state index contributed by atoms with van der Waals surface area (Å²) >= 11 is 0. The summed E-state index contributed by atoms with van der Waals surface area (Å²) in [5, 5.41) is 2.47. The average Bonchev–Trinajstić information content (AvgIpc) is 3.32. The predicted molar refractivity (Wildman–Crippen MR) is 251 cm³/mol. The molecule has 0 aliphatic heterocycles. The Labute approximate surface area is 346 Å². The Bertz CT molecular complexity index is 2980. The van der Waals surface area contributed by atoms with Crippen LogP contribution in [0.1, 0.15) is 0 Å². The van der Waals surface area contributed by atoms with Gasteiger partial charge in [-0.25, -0.2) is 0 Å².